The standard InChI is InChI=1S/C60H54N2O4S2/c1-6-28-59(29-7-2)48-16-12-10-14-44(48)46-23-19-39(33-50(46)59)62(40-20-24-47-45-15-11-13-17-49(45)60(30-8-3,31-9-4)51(47)34-40)41-18-22-43-37(5)56(58(65)66-52(43)35-41)55-27-26-54(68-55)53-25-21-42(67-53)32-38(36-61)57(63)64/h10-27,32-35H,6-9,28-31H2,1-5H3,(H,63,64)/b38-32+. The van der Waals surface area contributed by atoms with Gasteiger partial charge in [-0.2, -0.15) is 5.26 Å². The zero-order valence-electron chi connectivity index (χ0n) is 39.2. The van der Waals surface area contributed by atoms with Gasteiger partial charge in [0.25, 0.3) is 0 Å². The molecule has 8 heteroatoms. The summed E-state index contributed by atoms with van der Waals surface area (Å²) in [5, 5.41) is 19.5. The van der Waals surface area contributed by atoms with Crippen LogP contribution in [0, 0.1) is 18.3 Å². The van der Waals surface area contributed by atoms with Gasteiger partial charge in [0.1, 0.15) is 17.2 Å². The third-order valence-corrected chi connectivity index (χ3v) is 16.8. The molecule has 0 fully saturated rings. The number of thiophene rings is 2. The zero-order valence-corrected chi connectivity index (χ0v) is 40.9. The Hall–Kier alpha value is -6.79. The molecule has 5 aromatic carbocycles. The Kier molecular flexibility index (Phi) is 11.9. The van der Waals surface area contributed by atoms with Gasteiger partial charge in [0.05, 0.1) is 5.56 Å². The minimum atomic E-state index is -1.26. The molecule has 0 saturated heterocycles. The number of benzene rings is 5. The normalized spacial score (nSPS) is 14.0. The van der Waals surface area contributed by atoms with Gasteiger partial charge in [-0.3, -0.25) is 0 Å². The van der Waals surface area contributed by atoms with Crippen LogP contribution in [0.15, 0.2) is 142 Å². The zero-order chi connectivity index (χ0) is 47.3. The topological polar surface area (TPSA) is 94.5 Å². The number of carboxylic acid groups (broad SMARTS) is 1. The number of hydrogen-bond acceptors (Lipinski definition) is 7. The molecular formula is C60H54N2O4S2. The lowest BCUT2D eigenvalue weighted by atomic mass is 9.71. The molecular weight excluding hydrogens is 877 g/mol. The molecule has 0 spiro atoms. The summed E-state index contributed by atoms with van der Waals surface area (Å²) >= 11 is 2.88. The van der Waals surface area contributed by atoms with Crippen LogP contribution >= 0.6 is 22.7 Å². The van der Waals surface area contributed by atoms with E-state index in [2.05, 4.69) is 130 Å². The van der Waals surface area contributed by atoms with Crippen molar-refractivity contribution in [3.05, 3.63) is 176 Å². The first-order chi connectivity index (χ1) is 33.1. The van der Waals surface area contributed by atoms with E-state index < -0.39 is 11.6 Å². The molecule has 0 bridgehead atoms. The molecule has 0 aliphatic heterocycles. The van der Waals surface area contributed by atoms with Gasteiger partial charge in [0, 0.05) is 58.9 Å². The number of fused-ring (bicyclic) bond motifs is 7. The highest BCUT2D eigenvalue weighted by atomic mass is 32.1. The van der Waals surface area contributed by atoms with Crippen molar-refractivity contribution in [2.45, 2.75) is 96.8 Å². The molecule has 1 N–H and O–H groups in total. The Labute approximate surface area is 406 Å². The average Bonchev–Trinajstić information content (AvgIpc) is 4.13. The lowest BCUT2D eigenvalue weighted by molar-refractivity contribution is -0.132. The molecule has 0 radical (unpaired) electrons. The van der Waals surface area contributed by atoms with Gasteiger partial charge < -0.3 is 14.4 Å². The fourth-order valence-corrected chi connectivity index (χ4v) is 14.0. The molecule has 10 rings (SSSR count). The number of aliphatic carboxylic acids is 1. The number of carbonyl (C=O) groups is 1. The molecule has 8 aromatic rings. The molecule has 0 atom stereocenters. The highest BCUT2D eigenvalue weighted by molar-refractivity contribution is 7.24. The highest BCUT2D eigenvalue weighted by Gasteiger charge is 2.44. The Bertz CT molecular complexity index is 3290. The summed E-state index contributed by atoms with van der Waals surface area (Å²) in [7, 11) is 0. The van der Waals surface area contributed by atoms with Crippen LogP contribution in [-0.4, -0.2) is 11.1 Å². The van der Waals surface area contributed by atoms with E-state index in [4.69, 9.17) is 4.42 Å². The minimum absolute atomic E-state index is 0.0937. The van der Waals surface area contributed by atoms with Crippen LogP contribution in [0.3, 0.4) is 0 Å². The largest absolute Gasteiger partial charge is 0.477 e. The van der Waals surface area contributed by atoms with Crippen LogP contribution in [0.5, 0.6) is 0 Å². The minimum Gasteiger partial charge on any atom is -0.477 e. The van der Waals surface area contributed by atoms with Gasteiger partial charge in [-0.25, -0.2) is 9.59 Å². The van der Waals surface area contributed by atoms with E-state index in [1.807, 2.05) is 31.2 Å². The summed E-state index contributed by atoms with van der Waals surface area (Å²) in [6.07, 6.45) is 9.96. The molecule has 0 saturated carbocycles. The van der Waals surface area contributed by atoms with Gasteiger partial charge in [-0.05, 0) is 149 Å². The van der Waals surface area contributed by atoms with Crippen molar-refractivity contribution >= 4 is 62.8 Å². The van der Waals surface area contributed by atoms with Crippen LogP contribution in [0.25, 0.3) is 59.5 Å². The molecule has 2 aliphatic carbocycles. The first-order valence-corrected chi connectivity index (χ1v) is 25.6. The van der Waals surface area contributed by atoms with Crippen molar-refractivity contribution in [3.8, 4) is 48.5 Å². The van der Waals surface area contributed by atoms with Crippen LogP contribution in [-0.2, 0) is 15.6 Å². The maximum absolute atomic E-state index is 14.2. The van der Waals surface area contributed by atoms with Crippen LogP contribution < -0.4 is 10.5 Å². The van der Waals surface area contributed by atoms with Gasteiger partial charge in [-0.15, -0.1) is 22.7 Å². The molecule has 68 heavy (non-hydrogen) atoms. The second kappa shape index (κ2) is 18.0. The summed E-state index contributed by atoms with van der Waals surface area (Å²) < 4.78 is 6.35. The summed E-state index contributed by atoms with van der Waals surface area (Å²) in [6.45, 7) is 11.2. The quantitative estimate of drug-likeness (QED) is 0.0625. The van der Waals surface area contributed by atoms with Gasteiger partial charge in [0.2, 0.25) is 0 Å². The lowest BCUT2D eigenvalue weighted by Crippen LogP contribution is -2.26. The van der Waals surface area contributed by atoms with Crippen LogP contribution in [0.2, 0.25) is 0 Å². The first kappa shape index (κ1) is 45.0. The number of nitrogens with zero attached hydrogens (tertiary/aromatic N) is 2. The third-order valence-electron chi connectivity index (χ3n) is 14.5. The van der Waals surface area contributed by atoms with Crippen LogP contribution in [0.1, 0.15) is 112 Å². The Morgan fingerprint density at radius 2 is 1.12 bits per heavy atom. The summed E-state index contributed by atoms with van der Waals surface area (Å²) in [4.78, 5) is 31.4. The fraction of sp³-hybridized carbons (Fsp3) is 0.250. The van der Waals surface area contributed by atoms with E-state index in [-0.39, 0.29) is 16.4 Å². The van der Waals surface area contributed by atoms with Gasteiger partial charge in [0.15, 0.2) is 0 Å². The Morgan fingerprint density at radius 1 is 0.632 bits per heavy atom. The van der Waals surface area contributed by atoms with Crippen molar-refractivity contribution in [2.24, 2.45) is 0 Å². The van der Waals surface area contributed by atoms with E-state index in [9.17, 15) is 20.0 Å². The SMILES string of the molecule is CCCC1(CCC)c2ccccc2-c2ccc(N(c3ccc4c(c3)C(CCC)(CCC)c3ccccc3-4)c3ccc4c(C)c(-c5ccc(-c6ccc(/C=C(\C#N)C(=O)O)s6)s5)c(=O)oc4c3)cc21. The van der Waals surface area contributed by atoms with E-state index in [1.54, 1.807) is 12.1 Å². The summed E-state index contributed by atoms with van der Waals surface area (Å²) in [6, 6.07) is 47.9. The number of hydrogen-bond donors (Lipinski definition) is 1. The lowest BCUT2D eigenvalue weighted by Gasteiger charge is -2.34. The maximum Gasteiger partial charge on any atom is 0.346 e. The van der Waals surface area contributed by atoms with Gasteiger partial charge in [-0.1, -0.05) is 114 Å². The average molecular weight is 931 g/mol. The predicted octanol–water partition coefficient (Wildman–Crippen LogP) is 16.8. The van der Waals surface area contributed by atoms with E-state index in [0.29, 0.717) is 16.0 Å². The number of carboxylic acids is 1. The number of aryl methyl sites for hydroxylation is 1. The second-order valence-electron chi connectivity index (χ2n) is 18.5. The fourth-order valence-electron chi connectivity index (χ4n) is 11.9. The van der Waals surface area contributed by atoms with E-state index >= 15 is 0 Å². The predicted molar refractivity (Wildman–Crippen MR) is 282 cm³/mol. The molecule has 0 unspecified atom stereocenters. The van der Waals surface area contributed by atoms with Crippen molar-refractivity contribution in [1.82, 2.24) is 0 Å². The molecule has 2 aliphatic rings. The number of nitriles is 1. The Balaban J connectivity index is 1.12. The summed E-state index contributed by atoms with van der Waals surface area (Å²) in [5.41, 5.74) is 15.0. The molecule has 3 heterocycles. The molecule has 6 nitrogen and oxygen atoms in total. The molecule has 340 valence electrons. The van der Waals surface area contributed by atoms with Crippen LogP contribution in [0.4, 0.5) is 17.1 Å². The number of anilines is 3. The molecule has 3 aromatic heterocycles. The van der Waals surface area contributed by atoms with E-state index in [0.717, 1.165) is 94.0 Å². The number of rotatable bonds is 15. The smallest absolute Gasteiger partial charge is 0.346 e. The highest BCUT2D eigenvalue weighted by Crippen LogP contribution is 2.57. The monoisotopic (exact) mass is 930 g/mol. The third kappa shape index (κ3) is 7.26. The Morgan fingerprint density at radius 3 is 1.66 bits per heavy atom. The molecule has 0 amide bonds. The summed E-state index contributed by atoms with van der Waals surface area (Å²) in [5.74, 6) is -1.26. The maximum atomic E-state index is 14.2. The van der Waals surface area contributed by atoms with Crippen molar-refractivity contribution in [2.75, 3.05) is 4.90 Å². The van der Waals surface area contributed by atoms with Crippen molar-refractivity contribution < 1.29 is 14.3 Å². The first-order valence-electron chi connectivity index (χ1n) is 24.0. The van der Waals surface area contributed by atoms with Crippen molar-refractivity contribution in [3.63, 3.8) is 0 Å². The van der Waals surface area contributed by atoms with Gasteiger partial charge >= 0.3 is 11.6 Å². The van der Waals surface area contributed by atoms with Crippen molar-refractivity contribution in [1.29, 1.82) is 5.26 Å². The second-order valence-corrected chi connectivity index (χ2v) is 20.7. The van der Waals surface area contributed by atoms with E-state index in [1.165, 1.54) is 73.3 Å².